The maximum atomic E-state index is 12.6. The van der Waals surface area contributed by atoms with Gasteiger partial charge in [-0.25, -0.2) is 0 Å². The normalized spacial score (nSPS) is 14.5. The number of nitrogens with one attached hydrogen (secondary N) is 1. The van der Waals surface area contributed by atoms with Gasteiger partial charge >= 0.3 is 0 Å². The fourth-order valence-corrected chi connectivity index (χ4v) is 3.36. The standard InChI is InChI=1S/C22H22N2O5/c1-13(2)7-8-24-21(26)16-5-4-15(10-17(16)22(24)27)20(25)23-11-14-3-6-18-19(9-14)29-12-28-18/h3-6,9-10,13H,7-8,11-12H2,1-2H3,(H,23,25). The van der Waals surface area contributed by atoms with Crippen LogP contribution < -0.4 is 14.8 Å². The highest BCUT2D eigenvalue weighted by atomic mass is 16.7. The van der Waals surface area contributed by atoms with Crippen LogP contribution in [0.2, 0.25) is 0 Å². The summed E-state index contributed by atoms with van der Waals surface area (Å²) < 4.78 is 10.6. The summed E-state index contributed by atoms with van der Waals surface area (Å²) >= 11 is 0. The molecule has 7 nitrogen and oxygen atoms in total. The molecule has 0 fully saturated rings. The Kier molecular flexibility index (Phi) is 4.96. The molecule has 4 rings (SSSR count). The largest absolute Gasteiger partial charge is 0.454 e. The molecule has 1 N–H and O–H groups in total. The first kappa shape index (κ1) is 19.0. The van der Waals surface area contributed by atoms with Crippen molar-refractivity contribution in [2.24, 2.45) is 5.92 Å². The van der Waals surface area contributed by atoms with Gasteiger partial charge in [0.2, 0.25) is 6.79 Å². The van der Waals surface area contributed by atoms with Crippen LogP contribution in [0, 0.1) is 5.92 Å². The second kappa shape index (κ2) is 7.58. The summed E-state index contributed by atoms with van der Waals surface area (Å²) in [5.74, 6) is 0.779. The Labute approximate surface area is 168 Å². The Morgan fingerprint density at radius 2 is 1.79 bits per heavy atom. The summed E-state index contributed by atoms with van der Waals surface area (Å²) in [6.07, 6.45) is 0.744. The first-order chi connectivity index (χ1) is 13.9. The van der Waals surface area contributed by atoms with Crippen LogP contribution in [0.3, 0.4) is 0 Å². The molecule has 3 amide bonds. The lowest BCUT2D eigenvalue weighted by Crippen LogP contribution is -2.31. The number of nitrogens with zero attached hydrogens (tertiary/aromatic N) is 1. The number of carbonyl (C=O) groups excluding carboxylic acids is 3. The predicted octanol–water partition coefficient (Wildman–Crippen LogP) is 2.99. The van der Waals surface area contributed by atoms with Gasteiger partial charge < -0.3 is 14.8 Å². The molecule has 0 atom stereocenters. The van der Waals surface area contributed by atoms with E-state index in [0.717, 1.165) is 12.0 Å². The van der Waals surface area contributed by atoms with Gasteiger partial charge in [-0.15, -0.1) is 0 Å². The van der Waals surface area contributed by atoms with E-state index in [0.29, 0.717) is 41.6 Å². The van der Waals surface area contributed by atoms with E-state index in [-0.39, 0.29) is 30.1 Å². The Balaban J connectivity index is 1.45. The third-order valence-electron chi connectivity index (χ3n) is 5.05. The van der Waals surface area contributed by atoms with E-state index in [1.807, 2.05) is 26.0 Å². The fraction of sp³-hybridized carbons (Fsp3) is 0.318. The molecule has 0 radical (unpaired) electrons. The molecule has 0 spiro atoms. The van der Waals surface area contributed by atoms with E-state index in [1.54, 1.807) is 18.2 Å². The minimum Gasteiger partial charge on any atom is -0.454 e. The van der Waals surface area contributed by atoms with Crippen molar-refractivity contribution in [3.8, 4) is 11.5 Å². The van der Waals surface area contributed by atoms with E-state index in [9.17, 15) is 14.4 Å². The maximum absolute atomic E-state index is 12.6. The Morgan fingerprint density at radius 3 is 2.59 bits per heavy atom. The molecule has 2 aliphatic heterocycles. The summed E-state index contributed by atoms with van der Waals surface area (Å²) in [7, 11) is 0. The average Bonchev–Trinajstić information content (AvgIpc) is 3.27. The lowest BCUT2D eigenvalue weighted by atomic mass is 10.1. The molecule has 2 aromatic carbocycles. The van der Waals surface area contributed by atoms with Crippen LogP contribution >= 0.6 is 0 Å². The van der Waals surface area contributed by atoms with Gasteiger partial charge in [0.1, 0.15) is 0 Å². The molecule has 0 bridgehead atoms. The minimum absolute atomic E-state index is 0.196. The number of hydrogen-bond acceptors (Lipinski definition) is 5. The van der Waals surface area contributed by atoms with Gasteiger partial charge in [-0.3, -0.25) is 19.3 Å². The molecule has 2 aromatic rings. The number of ether oxygens (including phenoxy) is 2. The van der Waals surface area contributed by atoms with Gasteiger partial charge in [-0.05, 0) is 48.2 Å². The van der Waals surface area contributed by atoms with Crippen molar-refractivity contribution in [1.29, 1.82) is 0 Å². The number of amides is 3. The summed E-state index contributed by atoms with van der Waals surface area (Å²) in [5, 5.41) is 2.83. The highest BCUT2D eigenvalue weighted by Crippen LogP contribution is 2.32. The van der Waals surface area contributed by atoms with Gasteiger partial charge in [0, 0.05) is 18.7 Å². The molecule has 150 valence electrons. The van der Waals surface area contributed by atoms with Crippen LogP contribution in [0.4, 0.5) is 0 Å². The lowest BCUT2D eigenvalue weighted by Gasteiger charge is -2.14. The molecular formula is C22H22N2O5. The summed E-state index contributed by atoms with van der Waals surface area (Å²) in [6.45, 7) is 4.97. The van der Waals surface area contributed by atoms with Crippen LogP contribution in [0.5, 0.6) is 11.5 Å². The van der Waals surface area contributed by atoms with Gasteiger partial charge in [-0.1, -0.05) is 19.9 Å². The van der Waals surface area contributed by atoms with E-state index in [4.69, 9.17) is 9.47 Å². The van der Waals surface area contributed by atoms with Gasteiger partial charge in [-0.2, -0.15) is 0 Å². The monoisotopic (exact) mass is 394 g/mol. The third-order valence-corrected chi connectivity index (χ3v) is 5.05. The second-order valence-corrected chi connectivity index (χ2v) is 7.58. The van der Waals surface area contributed by atoms with Crippen molar-refractivity contribution in [2.75, 3.05) is 13.3 Å². The SMILES string of the molecule is CC(C)CCN1C(=O)c2ccc(C(=O)NCc3ccc4c(c3)OCO4)cc2C1=O. The smallest absolute Gasteiger partial charge is 0.261 e. The topological polar surface area (TPSA) is 84.9 Å². The van der Waals surface area contributed by atoms with Crippen LogP contribution in [0.25, 0.3) is 0 Å². The van der Waals surface area contributed by atoms with E-state index in [1.165, 1.54) is 11.0 Å². The number of benzene rings is 2. The molecule has 0 unspecified atom stereocenters. The van der Waals surface area contributed by atoms with Crippen molar-refractivity contribution < 1.29 is 23.9 Å². The fourth-order valence-electron chi connectivity index (χ4n) is 3.36. The first-order valence-corrected chi connectivity index (χ1v) is 9.61. The average molecular weight is 394 g/mol. The molecule has 0 aromatic heterocycles. The number of imide groups is 1. The van der Waals surface area contributed by atoms with E-state index >= 15 is 0 Å². The molecule has 2 heterocycles. The van der Waals surface area contributed by atoms with Crippen LogP contribution in [0.15, 0.2) is 36.4 Å². The minimum atomic E-state index is -0.337. The van der Waals surface area contributed by atoms with Crippen LogP contribution in [-0.2, 0) is 6.54 Å². The zero-order chi connectivity index (χ0) is 20.5. The summed E-state index contributed by atoms with van der Waals surface area (Å²) in [4.78, 5) is 38.9. The van der Waals surface area contributed by atoms with E-state index < -0.39 is 0 Å². The van der Waals surface area contributed by atoms with Crippen LogP contribution in [-0.4, -0.2) is 36.0 Å². The van der Waals surface area contributed by atoms with Crippen LogP contribution in [0.1, 0.15) is 56.9 Å². The number of hydrogen-bond donors (Lipinski definition) is 1. The predicted molar refractivity (Wildman–Crippen MR) is 105 cm³/mol. The van der Waals surface area contributed by atoms with Gasteiger partial charge in [0.05, 0.1) is 11.1 Å². The molecular weight excluding hydrogens is 372 g/mol. The zero-order valence-corrected chi connectivity index (χ0v) is 16.4. The zero-order valence-electron chi connectivity index (χ0n) is 16.4. The van der Waals surface area contributed by atoms with Gasteiger partial charge in [0.15, 0.2) is 11.5 Å². The maximum Gasteiger partial charge on any atom is 0.261 e. The molecule has 0 saturated carbocycles. The molecule has 0 aliphatic carbocycles. The van der Waals surface area contributed by atoms with E-state index in [2.05, 4.69) is 5.32 Å². The summed E-state index contributed by atoms with van der Waals surface area (Å²) in [6, 6.07) is 10.1. The molecule has 0 saturated heterocycles. The van der Waals surface area contributed by atoms with Crippen molar-refractivity contribution in [3.63, 3.8) is 0 Å². The molecule has 2 aliphatic rings. The molecule has 29 heavy (non-hydrogen) atoms. The first-order valence-electron chi connectivity index (χ1n) is 9.61. The highest BCUT2D eigenvalue weighted by Gasteiger charge is 2.35. The Hall–Kier alpha value is -3.35. The van der Waals surface area contributed by atoms with Crippen molar-refractivity contribution in [2.45, 2.75) is 26.8 Å². The highest BCUT2D eigenvalue weighted by molar-refractivity contribution is 6.22. The molecule has 7 heteroatoms. The Bertz CT molecular complexity index is 999. The number of carbonyl (C=O) groups is 3. The quantitative estimate of drug-likeness (QED) is 0.762. The van der Waals surface area contributed by atoms with Gasteiger partial charge in [0.25, 0.3) is 17.7 Å². The second-order valence-electron chi connectivity index (χ2n) is 7.58. The number of rotatable bonds is 6. The van der Waals surface area contributed by atoms with Crippen molar-refractivity contribution in [3.05, 3.63) is 58.7 Å². The lowest BCUT2D eigenvalue weighted by molar-refractivity contribution is 0.0647. The van der Waals surface area contributed by atoms with Crippen molar-refractivity contribution >= 4 is 17.7 Å². The van der Waals surface area contributed by atoms with Crippen molar-refractivity contribution in [1.82, 2.24) is 10.2 Å². The summed E-state index contributed by atoms with van der Waals surface area (Å²) in [5.41, 5.74) is 1.85. The third kappa shape index (κ3) is 3.68. The number of fused-ring (bicyclic) bond motifs is 2. The Morgan fingerprint density at radius 1 is 1.03 bits per heavy atom.